The Hall–Kier alpha value is -1.19. The SMILES string of the molecule is O=C(O)C1=C(O)O1. The number of ether oxygens (including phenoxy) is 1. The maximum absolute atomic E-state index is 9.63. The summed E-state index contributed by atoms with van der Waals surface area (Å²) in [5, 5.41) is 16.0. The van der Waals surface area contributed by atoms with Crippen LogP contribution in [0.1, 0.15) is 0 Å². The van der Waals surface area contributed by atoms with E-state index < -0.39 is 11.9 Å². The highest BCUT2D eigenvalue weighted by Crippen LogP contribution is 2.21. The Bertz CT molecular complexity index is 140. The maximum Gasteiger partial charge on any atom is 0.379 e. The molecule has 0 aliphatic carbocycles. The Morgan fingerprint density at radius 1 is 1.71 bits per heavy atom. The largest absolute Gasteiger partial charge is 0.478 e. The lowest BCUT2D eigenvalue weighted by Gasteiger charge is -1.67. The zero-order chi connectivity index (χ0) is 5.44. The summed E-state index contributed by atoms with van der Waals surface area (Å²) < 4.78 is 3.97. The summed E-state index contributed by atoms with van der Waals surface area (Å²) in [5.74, 6) is -2.05. The number of carboxylic acids is 1. The predicted molar refractivity (Wildman–Crippen MR) is 18.4 cm³/mol. The molecule has 0 saturated carbocycles. The van der Waals surface area contributed by atoms with Gasteiger partial charge in [0.05, 0.1) is 0 Å². The van der Waals surface area contributed by atoms with Crippen molar-refractivity contribution in [1.82, 2.24) is 0 Å². The Kier molecular flexibility index (Phi) is 0.512. The van der Waals surface area contributed by atoms with Gasteiger partial charge in [-0.05, 0) is 0 Å². The summed E-state index contributed by atoms with van der Waals surface area (Å²) in [5.41, 5.74) is 0. The molecule has 2 N–H and O–H groups in total. The van der Waals surface area contributed by atoms with E-state index in [-0.39, 0.29) is 5.76 Å². The van der Waals surface area contributed by atoms with Crippen LogP contribution in [0.3, 0.4) is 0 Å². The molecule has 38 valence electrons. The smallest absolute Gasteiger partial charge is 0.379 e. The van der Waals surface area contributed by atoms with E-state index in [9.17, 15) is 4.79 Å². The minimum Gasteiger partial charge on any atom is -0.478 e. The number of hydrogen-bond acceptors (Lipinski definition) is 3. The molecule has 1 heterocycles. The van der Waals surface area contributed by atoms with Crippen LogP contribution >= 0.6 is 0 Å². The van der Waals surface area contributed by atoms with E-state index in [1.807, 2.05) is 0 Å². The fourth-order valence-corrected chi connectivity index (χ4v) is 0.206. The van der Waals surface area contributed by atoms with Crippen LogP contribution < -0.4 is 0 Å². The first-order valence-corrected chi connectivity index (χ1v) is 1.56. The highest BCUT2D eigenvalue weighted by Gasteiger charge is 2.31. The van der Waals surface area contributed by atoms with Crippen molar-refractivity contribution in [2.45, 2.75) is 0 Å². The minimum atomic E-state index is -1.22. The van der Waals surface area contributed by atoms with Gasteiger partial charge in [0.1, 0.15) is 0 Å². The molecule has 7 heavy (non-hydrogen) atoms. The van der Waals surface area contributed by atoms with E-state index in [0.717, 1.165) is 0 Å². The van der Waals surface area contributed by atoms with Crippen molar-refractivity contribution in [2.75, 3.05) is 0 Å². The molecule has 4 heteroatoms. The lowest BCUT2D eigenvalue weighted by Crippen LogP contribution is -1.88. The van der Waals surface area contributed by atoms with Crippen LogP contribution in [0, 0.1) is 0 Å². The molecule has 0 fully saturated rings. The lowest BCUT2D eigenvalue weighted by molar-refractivity contribution is -0.133. The van der Waals surface area contributed by atoms with Crippen LogP contribution in [-0.2, 0) is 9.53 Å². The highest BCUT2D eigenvalue weighted by molar-refractivity contribution is 5.87. The number of carbonyl (C=O) groups is 1. The number of aliphatic hydroxyl groups is 1. The molecule has 0 bridgehead atoms. The fourth-order valence-electron chi connectivity index (χ4n) is 0.206. The van der Waals surface area contributed by atoms with E-state index in [2.05, 4.69) is 4.74 Å². The number of hydrogen-bond donors (Lipinski definition) is 2. The third kappa shape index (κ3) is 0.489. The summed E-state index contributed by atoms with van der Waals surface area (Å²) in [7, 11) is 0. The van der Waals surface area contributed by atoms with Gasteiger partial charge in [0.2, 0.25) is 0 Å². The number of aliphatic carboxylic acids is 1. The molecule has 1 aliphatic rings. The first-order chi connectivity index (χ1) is 3.22. The van der Waals surface area contributed by atoms with E-state index in [0.29, 0.717) is 0 Å². The lowest BCUT2D eigenvalue weighted by atomic mass is 10.6. The van der Waals surface area contributed by atoms with E-state index in [1.165, 1.54) is 0 Å². The summed E-state index contributed by atoms with van der Waals surface area (Å²) in [4.78, 5) is 9.63. The molecule has 0 spiro atoms. The second kappa shape index (κ2) is 0.900. The van der Waals surface area contributed by atoms with Gasteiger partial charge >= 0.3 is 11.9 Å². The van der Waals surface area contributed by atoms with Gasteiger partial charge in [-0.15, -0.1) is 0 Å². The van der Waals surface area contributed by atoms with Gasteiger partial charge in [0, 0.05) is 0 Å². The van der Waals surface area contributed by atoms with Crippen LogP contribution in [0.25, 0.3) is 0 Å². The standard InChI is InChI=1S/C3H2O4/c4-2(5)1-3(6)7-1/h6H,(H,4,5). The van der Waals surface area contributed by atoms with Crippen molar-refractivity contribution < 1.29 is 19.7 Å². The molecule has 0 saturated heterocycles. The summed E-state index contributed by atoms with van der Waals surface area (Å²) in [6.07, 6.45) is 0. The van der Waals surface area contributed by atoms with E-state index >= 15 is 0 Å². The summed E-state index contributed by atoms with van der Waals surface area (Å²) in [6, 6.07) is 0. The average molecular weight is 102 g/mol. The third-order valence-corrected chi connectivity index (χ3v) is 0.546. The normalized spacial score (nSPS) is 16.0. The Balaban J connectivity index is 2.62. The molecule has 0 atom stereocenters. The maximum atomic E-state index is 9.63. The van der Waals surface area contributed by atoms with Crippen molar-refractivity contribution in [3.8, 4) is 0 Å². The second-order valence-corrected chi connectivity index (χ2v) is 1.04. The molecule has 1 aliphatic heterocycles. The van der Waals surface area contributed by atoms with E-state index in [1.54, 1.807) is 0 Å². The van der Waals surface area contributed by atoms with Crippen molar-refractivity contribution in [2.24, 2.45) is 0 Å². The molecular weight excluding hydrogens is 100 g/mol. The monoisotopic (exact) mass is 102 g/mol. The molecule has 4 nitrogen and oxygen atoms in total. The van der Waals surface area contributed by atoms with Gasteiger partial charge in [-0.1, -0.05) is 0 Å². The molecule has 0 radical (unpaired) electrons. The summed E-state index contributed by atoms with van der Waals surface area (Å²) >= 11 is 0. The van der Waals surface area contributed by atoms with Gasteiger partial charge in [-0.3, -0.25) is 0 Å². The highest BCUT2D eigenvalue weighted by atomic mass is 16.7. The van der Waals surface area contributed by atoms with Crippen LogP contribution in [0.5, 0.6) is 0 Å². The van der Waals surface area contributed by atoms with E-state index in [4.69, 9.17) is 10.2 Å². The van der Waals surface area contributed by atoms with Gasteiger partial charge in [0.15, 0.2) is 0 Å². The Morgan fingerprint density at radius 2 is 2.14 bits per heavy atom. The molecule has 0 aromatic carbocycles. The third-order valence-electron chi connectivity index (χ3n) is 0.546. The van der Waals surface area contributed by atoms with Crippen LogP contribution in [0.4, 0.5) is 0 Å². The van der Waals surface area contributed by atoms with Crippen LogP contribution in [0.15, 0.2) is 11.7 Å². The fraction of sp³-hybridized carbons (Fsp3) is 0. The Labute approximate surface area is 38.6 Å². The van der Waals surface area contributed by atoms with Crippen LogP contribution in [-0.4, -0.2) is 16.2 Å². The van der Waals surface area contributed by atoms with Gasteiger partial charge in [-0.2, -0.15) is 0 Å². The molecular formula is C3H2O4. The molecule has 0 amide bonds. The van der Waals surface area contributed by atoms with Crippen LogP contribution in [0.2, 0.25) is 0 Å². The Morgan fingerprint density at radius 3 is 2.14 bits per heavy atom. The minimum absolute atomic E-state index is 0.347. The number of rotatable bonds is 1. The molecule has 0 unspecified atom stereocenters. The van der Waals surface area contributed by atoms with Crippen molar-refractivity contribution in [1.29, 1.82) is 0 Å². The van der Waals surface area contributed by atoms with Crippen molar-refractivity contribution in [3.63, 3.8) is 0 Å². The molecule has 1 rings (SSSR count). The quantitative estimate of drug-likeness (QED) is 0.482. The zero-order valence-corrected chi connectivity index (χ0v) is 3.21. The first-order valence-electron chi connectivity index (χ1n) is 1.56. The zero-order valence-electron chi connectivity index (χ0n) is 3.21. The second-order valence-electron chi connectivity index (χ2n) is 1.04. The molecule has 0 aromatic rings. The topological polar surface area (TPSA) is 70.1 Å². The van der Waals surface area contributed by atoms with Gasteiger partial charge in [-0.25, -0.2) is 4.79 Å². The number of aliphatic hydroxyl groups excluding tert-OH is 1. The predicted octanol–water partition coefficient (Wildman–Crippen LogP) is -0.172. The first kappa shape index (κ1) is 3.98. The van der Waals surface area contributed by atoms with Gasteiger partial charge < -0.3 is 14.9 Å². The molecule has 0 aromatic heterocycles. The van der Waals surface area contributed by atoms with Crippen molar-refractivity contribution >= 4 is 5.97 Å². The summed E-state index contributed by atoms with van der Waals surface area (Å²) in [6.45, 7) is 0. The number of carboxylic acid groups (broad SMARTS) is 1. The average Bonchev–Trinajstić information content (AvgIpc) is 2.17. The van der Waals surface area contributed by atoms with Gasteiger partial charge in [0.25, 0.3) is 5.76 Å². The van der Waals surface area contributed by atoms with Crippen molar-refractivity contribution in [3.05, 3.63) is 11.7 Å².